The van der Waals surface area contributed by atoms with Crippen LogP contribution in [-0.2, 0) is 4.79 Å². The van der Waals surface area contributed by atoms with Gasteiger partial charge in [0, 0.05) is 24.8 Å². The van der Waals surface area contributed by atoms with Gasteiger partial charge in [0.25, 0.3) is 0 Å². The summed E-state index contributed by atoms with van der Waals surface area (Å²) < 4.78 is 5.50. The van der Waals surface area contributed by atoms with E-state index in [1.807, 2.05) is 25.7 Å². The summed E-state index contributed by atoms with van der Waals surface area (Å²) in [5.41, 5.74) is 0.810. The Morgan fingerprint density at radius 3 is 2.74 bits per heavy atom. The first-order chi connectivity index (χ1) is 9.06. The number of anilines is 1. The molecule has 0 atom stereocenters. The van der Waals surface area contributed by atoms with Crippen molar-refractivity contribution in [2.75, 3.05) is 24.6 Å². The Kier molecular flexibility index (Phi) is 6.05. The number of aliphatic carboxylic acids is 1. The lowest BCUT2D eigenvalue weighted by Gasteiger charge is -2.20. The van der Waals surface area contributed by atoms with Crippen LogP contribution in [0.25, 0.3) is 0 Å². The van der Waals surface area contributed by atoms with Gasteiger partial charge < -0.3 is 14.7 Å². The summed E-state index contributed by atoms with van der Waals surface area (Å²) in [5, 5.41) is 8.74. The second-order valence-corrected chi connectivity index (χ2v) is 4.22. The molecule has 0 aromatic carbocycles. The molecule has 6 heteroatoms. The lowest BCUT2D eigenvalue weighted by atomic mass is 10.4. The molecule has 0 amide bonds. The number of hydrogen-bond acceptors (Lipinski definition) is 5. The van der Waals surface area contributed by atoms with Crippen molar-refractivity contribution >= 4 is 11.9 Å². The van der Waals surface area contributed by atoms with Crippen LogP contribution in [0.5, 0.6) is 5.88 Å². The van der Waals surface area contributed by atoms with Gasteiger partial charge in [-0.2, -0.15) is 4.98 Å². The second-order valence-electron chi connectivity index (χ2n) is 4.22. The number of carboxylic acids is 1. The third-order valence-electron chi connectivity index (χ3n) is 2.53. The Hall–Kier alpha value is -1.85. The van der Waals surface area contributed by atoms with E-state index in [2.05, 4.69) is 9.97 Å². The summed E-state index contributed by atoms with van der Waals surface area (Å²) in [4.78, 5) is 21.1. The zero-order valence-corrected chi connectivity index (χ0v) is 11.7. The molecular weight excluding hydrogens is 246 g/mol. The van der Waals surface area contributed by atoms with Gasteiger partial charge in [0.15, 0.2) is 0 Å². The SMILES string of the molecule is CCCOc1cc(C)nc(N(CC)CCC(=O)O)n1. The van der Waals surface area contributed by atoms with Crippen LogP contribution in [-0.4, -0.2) is 40.7 Å². The van der Waals surface area contributed by atoms with Crippen LogP contribution >= 0.6 is 0 Å². The van der Waals surface area contributed by atoms with E-state index in [1.165, 1.54) is 0 Å². The highest BCUT2D eigenvalue weighted by atomic mass is 16.5. The summed E-state index contributed by atoms with van der Waals surface area (Å²) in [6.07, 6.45) is 0.977. The Bertz CT molecular complexity index is 424. The zero-order chi connectivity index (χ0) is 14.3. The highest BCUT2D eigenvalue weighted by molar-refractivity contribution is 5.67. The molecule has 19 heavy (non-hydrogen) atoms. The van der Waals surface area contributed by atoms with E-state index in [1.54, 1.807) is 6.07 Å². The summed E-state index contributed by atoms with van der Waals surface area (Å²) >= 11 is 0. The third-order valence-corrected chi connectivity index (χ3v) is 2.53. The van der Waals surface area contributed by atoms with Gasteiger partial charge in [0.2, 0.25) is 11.8 Å². The lowest BCUT2D eigenvalue weighted by Crippen LogP contribution is -2.28. The van der Waals surface area contributed by atoms with Crippen LogP contribution in [0.15, 0.2) is 6.07 Å². The second kappa shape index (κ2) is 7.56. The molecule has 0 aliphatic heterocycles. The van der Waals surface area contributed by atoms with Gasteiger partial charge in [0.05, 0.1) is 13.0 Å². The highest BCUT2D eigenvalue weighted by Crippen LogP contribution is 2.16. The van der Waals surface area contributed by atoms with Crippen molar-refractivity contribution in [3.05, 3.63) is 11.8 Å². The first-order valence-electron chi connectivity index (χ1n) is 6.52. The van der Waals surface area contributed by atoms with Crippen LogP contribution in [0.3, 0.4) is 0 Å². The molecule has 0 unspecified atom stereocenters. The average molecular weight is 267 g/mol. The summed E-state index contributed by atoms with van der Waals surface area (Å²) in [5.74, 6) is 0.238. The minimum atomic E-state index is -0.825. The quantitative estimate of drug-likeness (QED) is 0.775. The Morgan fingerprint density at radius 2 is 2.16 bits per heavy atom. The molecule has 0 spiro atoms. The van der Waals surface area contributed by atoms with E-state index in [0.717, 1.165) is 12.1 Å². The average Bonchev–Trinajstić information content (AvgIpc) is 2.36. The molecule has 1 aromatic heterocycles. The van der Waals surface area contributed by atoms with Crippen LogP contribution in [0.4, 0.5) is 5.95 Å². The number of ether oxygens (including phenoxy) is 1. The van der Waals surface area contributed by atoms with Crippen molar-refractivity contribution in [2.45, 2.75) is 33.6 Å². The van der Waals surface area contributed by atoms with E-state index in [9.17, 15) is 4.79 Å². The standard InChI is InChI=1S/C13H21N3O3/c1-4-8-19-11-9-10(3)14-13(15-11)16(5-2)7-6-12(17)18/h9H,4-8H2,1-3H3,(H,17,18). The van der Waals surface area contributed by atoms with Crippen molar-refractivity contribution in [3.63, 3.8) is 0 Å². The third kappa shape index (κ3) is 5.11. The molecule has 0 bridgehead atoms. The number of carboxylic acid groups (broad SMARTS) is 1. The first-order valence-corrected chi connectivity index (χ1v) is 6.52. The van der Waals surface area contributed by atoms with Crippen molar-refractivity contribution in [3.8, 4) is 5.88 Å². The van der Waals surface area contributed by atoms with E-state index < -0.39 is 5.97 Å². The number of aromatic nitrogens is 2. The smallest absolute Gasteiger partial charge is 0.305 e. The Morgan fingerprint density at radius 1 is 1.42 bits per heavy atom. The minimum absolute atomic E-state index is 0.0658. The van der Waals surface area contributed by atoms with Crippen LogP contribution in [0.1, 0.15) is 32.4 Å². The van der Waals surface area contributed by atoms with E-state index in [-0.39, 0.29) is 6.42 Å². The fourth-order valence-electron chi connectivity index (χ4n) is 1.58. The summed E-state index contributed by atoms with van der Waals surface area (Å²) in [6.45, 7) is 7.50. The Labute approximate surface area is 113 Å². The molecule has 0 saturated heterocycles. The number of aryl methyl sites for hydroxylation is 1. The predicted octanol–water partition coefficient (Wildman–Crippen LogP) is 1.87. The fraction of sp³-hybridized carbons (Fsp3) is 0.615. The highest BCUT2D eigenvalue weighted by Gasteiger charge is 2.11. The molecule has 1 aromatic rings. The van der Waals surface area contributed by atoms with Gasteiger partial charge in [-0.15, -0.1) is 0 Å². The first kappa shape index (κ1) is 15.2. The zero-order valence-electron chi connectivity index (χ0n) is 11.7. The van der Waals surface area contributed by atoms with Crippen molar-refractivity contribution < 1.29 is 14.6 Å². The van der Waals surface area contributed by atoms with Crippen molar-refractivity contribution in [1.82, 2.24) is 9.97 Å². The molecule has 1 heterocycles. The van der Waals surface area contributed by atoms with Gasteiger partial charge >= 0.3 is 5.97 Å². The molecule has 0 aliphatic rings. The minimum Gasteiger partial charge on any atom is -0.481 e. The van der Waals surface area contributed by atoms with Gasteiger partial charge in [-0.3, -0.25) is 4.79 Å². The Balaban J connectivity index is 2.83. The van der Waals surface area contributed by atoms with Gasteiger partial charge in [-0.05, 0) is 20.3 Å². The molecule has 0 radical (unpaired) electrons. The number of nitrogens with zero attached hydrogens (tertiary/aromatic N) is 3. The van der Waals surface area contributed by atoms with Gasteiger partial charge in [-0.1, -0.05) is 6.92 Å². The van der Waals surface area contributed by atoms with Gasteiger partial charge in [0.1, 0.15) is 0 Å². The molecule has 0 aliphatic carbocycles. The van der Waals surface area contributed by atoms with Crippen molar-refractivity contribution in [2.24, 2.45) is 0 Å². The monoisotopic (exact) mass is 267 g/mol. The molecule has 1 N–H and O–H groups in total. The van der Waals surface area contributed by atoms with Crippen LogP contribution in [0.2, 0.25) is 0 Å². The topological polar surface area (TPSA) is 75.5 Å². The molecule has 6 nitrogen and oxygen atoms in total. The number of hydrogen-bond donors (Lipinski definition) is 1. The number of rotatable bonds is 8. The predicted molar refractivity (Wildman–Crippen MR) is 72.7 cm³/mol. The molecule has 106 valence electrons. The maximum atomic E-state index is 10.6. The van der Waals surface area contributed by atoms with Crippen molar-refractivity contribution in [1.29, 1.82) is 0 Å². The number of carbonyl (C=O) groups is 1. The molecular formula is C13H21N3O3. The molecule has 0 saturated carbocycles. The largest absolute Gasteiger partial charge is 0.481 e. The normalized spacial score (nSPS) is 10.3. The van der Waals surface area contributed by atoms with E-state index >= 15 is 0 Å². The maximum absolute atomic E-state index is 10.6. The van der Waals surface area contributed by atoms with Gasteiger partial charge in [-0.25, -0.2) is 4.98 Å². The van der Waals surface area contributed by atoms with E-state index in [4.69, 9.17) is 9.84 Å². The van der Waals surface area contributed by atoms with Crippen LogP contribution in [0, 0.1) is 6.92 Å². The maximum Gasteiger partial charge on any atom is 0.305 e. The summed E-state index contributed by atoms with van der Waals surface area (Å²) in [6, 6.07) is 1.78. The molecule has 0 fully saturated rings. The lowest BCUT2D eigenvalue weighted by molar-refractivity contribution is -0.136. The molecule has 1 rings (SSSR count). The van der Waals surface area contributed by atoms with E-state index in [0.29, 0.717) is 31.5 Å². The summed E-state index contributed by atoms with van der Waals surface area (Å²) in [7, 11) is 0. The fourth-order valence-corrected chi connectivity index (χ4v) is 1.58. The van der Waals surface area contributed by atoms with Crippen LogP contribution < -0.4 is 9.64 Å².